The van der Waals surface area contributed by atoms with E-state index in [1.807, 2.05) is 13.8 Å². The van der Waals surface area contributed by atoms with E-state index < -0.39 is 36.6 Å². The summed E-state index contributed by atoms with van der Waals surface area (Å²) in [6.45, 7) is 8.66. The summed E-state index contributed by atoms with van der Waals surface area (Å²) >= 11 is 0. The van der Waals surface area contributed by atoms with Crippen LogP contribution in [0.4, 0.5) is 14.4 Å². The standard InChI is InChI=1S/C23H33NO11/c1-6-29-22(27)34-18-9-8-16(11-19(18)35-23(28)30-7-2)10-17(24)20(25)33-15(5)13-32-21(26)31-12-14(3)4/h8-9,11,14-15,17H,6-7,10,12-13,24H2,1-5H3/t15-,17-/m0/s1. The third kappa shape index (κ3) is 11.9. The van der Waals surface area contributed by atoms with Crippen molar-refractivity contribution in [2.75, 3.05) is 26.4 Å². The lowest BCUT2D eigenvalue weighted by Gasteiger charge is -2.17. The van der Waals surface area contributed by atoms with Gasteiger partial charge in [-0.1, -0.05) is 19.9 Å². The van der Waals surface area contributed by atoms with Gasteiger partial charge in [-0.3, -0.25) is 4.79 Å². The average molecular weight is 500 g/mol. The number of hydrogen-bond donors (Lipinski definition) is 1. The van der Waals surface area contributed by atoms with Gasteiger partial charge >= 0.3 is 24.4 Å². The Morgan fingerprint density at radius 1 is 0.800 bits per heavy atom. The predicted molar refractivity (Wildman–Crippen MR) is 121 cm³/mol. The summed E-state index contributed by atoms with van der Waals surface area (Å²) < 4.78 is 34.6. The Morgan fingerprint density at radius 3 is 1.94 bits per heavy atom. The van der Waals surface area contributed by atoms with E-state index in [4.69, 9.17) is 38.9 Å². The molecule has 0 spiro atoms. The largest absolute Gasteiger partial charge is 0.513 e. The molecular formula is C23H33NO11. The molecular weight excluding hydrogens is 466 g/mol. The molecule has 196 valence electrons. The van der Waals surface area contributed by atoms with E-state index in [-0.39, 0.29) is 50.3 Å². The molecule has 0 aliphatic carbocycles. The number of carbonyl (C=O) groups excluding carboxylic acids is 4. The molecule has 0 bridgehead atoms. The van der Waals surface area contributed by atoms with Gasteiger partial charge in [0, 0.05) is 0 Å². The number of rotatable bonds is 12. The van der Waals surface area contributed by atoms with E-state index in [1.165, 1.54) is 25.1 Å². The lowest BCUT2D eigenvalue weighted by Crippen LogP contribution is -2.37. The second-order valence-electron chi connectivity index (χ2n) is 7.68. The number of nitrogens with two attached hydrogens (primary N) is 1. The molecule has 0 unspecified atom stereocenters. The van der Waals surface area contributed by atoms with E-state index in [2.05, 4.69) is 0 Å². The molecule has 0 saturated carbocycles. The first-order chi connectivity index (χ1) is 16.5. The van der Waals surface area contributed by atoms with Crippen molar-refractivity contribution in [2.45, 2.75) is 53.2 Å². The molecule has 35 heavy (non-hydrogen) atoms. The SMILES string of the molecule is CCOC(=O)Oc1ccc(C[C@H](N)C(=O)O[C@@H](C)COC(=O)OCC(C)C)cc1OC(=O)OCC. The molecule has 0 amide bonds. The van der Waals surface area contributed by atoms with E-state index in [1.54, 1.807) is 13.8 Å². The number of hydrogen-bond acceptors (Lipinski definition) is 12. The third-order valence-electron chi connectivity index (χ3n) is 3.97. The topological polar surface area (TPSA) is 159 Å². The van der Waals surface area contributed by atoms with E-state index in [0.717, 1.165) is 0 Å². The third-order valence-corrected chi connectivity index (χ3v) is 3.97. The van der Waals surface area contributed by atoms with E-state index in [0.29, 0.717) is 5.56 Å². The van der Waals surface area contributed by atoms with Gasteiger partial charge in [0.05, 0.1) is 19.8 Å². The van der Waals surface area contributed by atoms with Crippen LogP contribution in [0, 0.1) is 5.92 Å². The molecule has 0 radical (unpaired) electrons. The maximum absolute atomic E-state index is 12.3. The van der Waals surface area contributed by atoms with Crippen molar-refractivity contribution in [3.05, 3.63) is 23.8 Å². The van der Waals surface area contributed by atoms with Gasteiger partial charge in [0.2, 0.25) is 0 Å². The maximum Gasteiger partial charge on any atom is 0.513 e. The van der Waals surface area contributed by atoms with Crippen molar-refractivity contribution in [2.24, 2.45) is 11.7 Å². The van der Waals surface area contributed by atoms with Crippen LogP contribution in [0.15, 0.2) is 18.2 Å². The summed E-state index contributed by atoms with van der Waals surface area (Å²) in [5, 5.41) is 0. The Hall–Kier alpha value is -3.54. The molecule has 12 heteroatoms. The normalized spacial score (nSPS) is 12.2. The zero-order valence-electron chi connectivity index (χ0n) is 20.6. The molecule has 0 aromatic heterocycles. The van der Waals surface area contributed by atoms with Gasteiger partial charge < -0.3 is 38.9 Å². The maximum atomic E-state index is 12.3. The van der Waals surface area contributed by atoms with Crippen LogP contribution < -0.4 is 15.2 Å². The molecule has 0 aliphatic rings. The monoisotopic (exact) mass is 499 g/mol. The van der Waals surface area contributed by atoms with Gasteiger partial charge in [-0.2, -0.15) is 0 Å². The smallest absolute Gasteiger partial charge is 0.458 e. The lowest BCUT2D eigenvalue weighted by atomic mass is 10.1. The molecule has 2 N–H and O–H groups in total. The second kappa shape index (κ2) is 15.4. The minimum Gasteiger partial charge on any atom is -0.458 e. The molecule has 12 nitrogen and oxygen atoms in total. The average Bonchev–Trinajstić information content (AvgIpc) is 2.78. The Kier molecular flexibility index (Phi) is 13.0. The molecule has 2 atom stereocenters. The summed E-state index contributed by atoms with van der Waals surface area (Å²) in [6, 6.07) is 3.17. The van der Waals surface area contributed by atoms with Gasteiger partial charge in [-0.05, 0) is 50.8 Å². The quantitative estimate of drug-likeness (QED) is 0.254. The van der Waals surface area contributed by atoms with Crippen LogP contribution in [0.2, 0.25) is 0 Å². The number of carbonyl (C=O) groups is 4. The fourth-order valence-corrected chi connectivity index (χ4v) is 2.44. The predicted octanol–water partition coefficient (Wildman–Crippen LogP) is 3.37. The lowest BCUT2D eigenvalue weighted by molar-refractivity contribution is -0.152. The fourth-order valence-electron chi connectivity index (χ4n) is 2.44. The number of ether oxygens (including phenoxy) is 7. The van der Waals surface area contributed by atoms with Gasteiger partial charge in [-0.25, -0.2) is 14.4 Å². The van der Waals surface area contributed by atoms with Crippen molar-refractivity contribution in [3.63, 3.8) is 0 Å². The highest BCUT2D eigenvalue weighted by atomic mass is 16.7. The highest BCUT2D eigenvalue weighted by Gasteiger charge is 2.22. The van der Waals surface area contributed by atoms with Crippen molar-refractivity contribution >= 4 is 24.4 Å². The fraction of sp³-hybridized carbons (Fsp3) is 0.565. The molecule has 1 aromatic carbocycles. The first kappa shape index (κ1) is 29.5. The molecule has 0 aliphatic heterocycles. The summed E-state index contributed by atoms with van der Waals surface area (Å²) in [5.74, 6) is -0.802. The van der Waals surface area contributed by atoms with Crippen LogP contribution in [0.5, 0.6) is 11.5 Å². The van der Waals surface area contributed by atoms with Crippen molar-refractivity contribution < 1.29 is 52.3 Å². The van der Waals surface area contributed by atoms with Gasteiger partial charge in [-0.15, -0.1) is 0 Å². The second-order valence-corrected chi connectivity index (χ2v) is 7.68. The Balaban J connectivity index is 2.75. The minimum absolute atomic E-state index is 0.00170. The summed E-state index contributed by atoms with van der Waals surface area (Å²) in [7, 11) is 0. The Bertz CT molecular complexity index is 856. The van der Waals surface area contributed by atoms with Crippen molar-refractivity contribution in [1.29, 1.82) is 0 Å². The molecule has 1 rings (SSSR count). The number of esters is 1. The molecule has 0 heterocycles. The first-order valence-electron chi connectivity index (χ1n) is 11.1. The zero-order valence-corrected chi connectivity index (χ0v) is 20.6. The van der Waals surface area contributed by atoms with Gasteiger partial charge in [0.15, 0.2) is 11.5 Å². The summed E-state index contributed by atoms with van der Waals surface area (Å²) in [5.41, 5.74) is 6.42. The van der Waals surface area contributed by atoms with E-state index >= 15 is 0 Å². The summed E-state index contributed by atoms with van der Waals surface area (Å²) in [4.78, 5) is 47.3. The van der Waals surface area contributed by atoms with E-state index in [9.17, 15) is 19.2 Å². The zero-order chi connectivity index (χ0) is 26.4. The Labute approximate surface area is 203 Å². The van der Waals surface area contributed by atoms with Crippen molar-refractivity contribution in [3.8, 4) is 11.5 Å². The van der Waals surface area contributed by atoms with Crippen LogP contribution in [0.3, 0.4) is 0 Å². The van der Waals surface area contributed by atoms with Crippen LogP contribution in [0.25, 0.3) is 0 Å². The van der Waals surface area contributed by atoms with Crippen LogP contribution in [-0.4, -0.2) is 63.0 Å². The Morgan fingerprint density at radius 2 is 1.37 bits per heavy atom. The highest BCUT2D eigenvalue weighted by Crippen LogP contribution is 2.30. The summed E-state index contributed by atoms with van der Waals surface area (Å²) in [6.07, 6.45) is -3.61. The first-order valence-corrected chi connectivity index (χ1v) is 11.1. The van der Waals surface area contributed by atoms with Crippen LogP contribution in [-0.2, 0) is 34.9 Å². The number of benzene rings is 1. The minimum atomic E-state index is -1.09. The highest BCUT2D eigenvalue weighted by molar-refractivity contribution is 5.76. The van der Waals surface area contributed by atoms with Crippen LogP contribution >= 0.6 is 0 Å². The van der Waals surface area contributed by atoms with Crippen molar-refractivity contribution in [1.82, 2.24) is 0 Å². The molecule has 0 saturated heterocycles. The van der Waals surface area contributed by atoms with Gasteiger partial charge in [0.25, 0.3) is 0 Å². The van der Waals surface area contributed by atoms with Gasteiger partial charge in [0.1, 0.15) is 18.8 Å². The molecule has 0 fully saturated rings. The van der Waals surface area contributed by atoms with Crippen LogP contribution in [0.1, 0.15) is 40.2 Å². The molecule has 1 aromatic rings.